The van der Waals surface area contributed by atoms with Gasteiger partial charge < -0.3 is 4.74 Å². The van der Waals surface area contributed by atoms with Crippen LogP contribution in [0.5, 0.6) is 0 Å². The molecular formula is C12H11N3O4S. The number of thiazole rings is 1. The first-order valence-electron chi connectivity index (χ1n) is 5.89. The van der Waals surface area contributed by atoms with Crippen molar-refractivity contribution in [3.05, 3.63) is 33.7 Å². The minimum atomic E-state index is -1.17. The van der Waals surface area contributed by atoms with Crippen molar-refractivity contribution in [1.29, 1.82) is 0 Å². The van der Waals surface area contributed by atoms with Crippen molar-refractivity contribution in [3.63, 3.8) is 0 Å². The molecule has 1 fully saturated rings. The molecule has 0 aliphatic carbocycles. The van der Waals surface area contributed by atoms with Gasteiger partial charge in [0.05, 0.1) is 12.2 Å². The van der Waals surface area contributed by atoms with Gasteiger partial charge in [0.25, 0.3) is 11.5 Å². The van der Waals surface area contributed by atoms with Gasteiger partial charge in [0, 0.05) is 17.6 Å². The number of fused-ring (bicyclic) bond motifs is 1. The molecule has 1 aliphatic heterocycles. The highest BCUT2D eigenvalue weighted by Crippen LogP contribution is 2.24. The standard InChI is InChI=1S/C12H11N3O4S/c1-12(2)9(17)15(11(18)19-12)6-7-5-8(16)14-3-4-20-10(14)13-7/h3-5H,6H2,1-2H3. The van der Waals surface area contributed by atoms with Gasteiger partial charge in [-0.15, -0.1) is 11.3 Å². The van der Waals surface area contributed by atoms with Crippen LogP contribution in [0.15, 0.2) is 22.4 Å². The summed E-state index contributed by atoms with van der Waals surface area (Å²) in [7, 11) is 0. The third-order valence-electron chi connectivity index (χ3n) is 3.00. The number of hydrogen-bond donors (Lipinski definition) is 0. The molecule has 0 unspecified atom stereocenters. The molecular weight excluding hydrogens is 282 g/mol. The molecule has 0 saturated carbocycles. The number of hydrogen-bond acceptors (Lipinski definition) is 6. The highest BCUT2D eigenvalue weighted by Gasteiger charge is 2.47. The molecule has 2 aromatic rings. The Morgan fingerprint density at radius 3 is 2.75 bits per heavy atom. The molecule has 0 radical (unpaired) electrons. The fraction of sp³-hybridized carbons (Fsp3) is 0.333. The van der Waals surface area contributed by atoms with Gasteiger partial charge in [0.1, 0.15) is 0 Å². The van der Waals surface area contributed by atoms with E-state index in [1.165, 1.54) is 35.7 Å². The lowest BCUT2D eigenvalue weighted by atomic mass is 10.1. The first kappa shape index (κ1) is 12.8. The summed E-state index contributed by atoms with van der Waals surface area (Å²) < 4.78 is 6.38. The molecule has 7 nitrogen and oxygen atoms in total. The van der Waals surface area contributed by atoms with Gasteiger partial charge in [0.15, 0.2) is 10.6 Å². The van der Waals surface area contributed by atoms with Crippen LogP contribution in [0.4, 0.5) is 4.79 Å². The summed E-state index contributed by atoms with van der Waals surface area (Å²) >= 11 is 1.31. The van der Waals surface area contributed by atoms with Crippen LogP contribution in [0.2, 0.25) is 0 Å². The molecule has 3 rings (SSSR count). The summed E-state index contributed by atoms with van der Waals surface area (Å²) in [6.45, 7) is 2.99. The third-order valence-corrected chi connectivity index (χ3v) is 3.76. The second kappa shape index (κ2) is 4.14. The van der Waals surface area contributed by atoms with Gasteiger partial charge in [-0.2, -0.15) is 0 Å². The lowest BCUT2D eigenvalue weighted by Gasteiger charge is -2.13. The predicted octanol–water partition coefficient (Wildman–Crippen LogP) is 1.01. The molecule has 3 heterocycles. The van der Waals surface area contributed by atoms with E-state index in [1.54, 1.807) is 11.6 Å². The third kappa shape index (κ3) is 1.88. The lowest BCUT2D eigenvalue weighted by Crippen LogP contribution is -2.36. The van der Waals surface area contributed by atoms with Gasteiger partial charge in [-0.05, 0) is 13.8 Å². The van der Waals surface area contributed by atoms with Gasteiger partial charge in [-0.3, -0.25) is 14.0 Å². The Bertz CT molecular complexity index is 776. The van der Waals surface area contributed by atoms with Crippen molar-refractivity contribution in [2.24, 2.45) is 0 Å². The molecule has 2 amide bonds. The van der Waals surface area contributed by atoms with E-state index in [2.05, 4.69) is 4.98 Å². The van der Waals surface area contributed by atoms with E-state index in [-0.39, 0.29) is 12.1 Å². The number of amides is 2. The summed E-state index contributed by atoms with van der Waals surface area (Å²) in [5.74, 6) is -0.435. The summed E-state index contributed by atoms with van der Waals surface area (Å²) in [5, 5.41) is 1.74. The summed E-state index contributed by atoms with van der Waals surface area (Å²) in [6, 6.07) is 1.31. The Morgan fingerprint density at radius 1 is 1.35 bits per heavy atom. The van der Waals surface area contributed by atoms with Crippen molar-refractivity contribution in [1.82, 2.24) is 14.3 Å². The average molecular weight is 293 g/mol. The quantitative estimate of drug-likeness (QED) is 0.825. The molecule has 0 spiro atoms. The Hall–Kier alpha value is -2.22. The van der Waals surface area contributed by atoms with Crippen LogP contribution in [0.1, 0.15) is 19.5 Å². The van der Waals surface area contributed by atoms with E-state index in [4.69, 9.17) is 4.74 Å². The molecule has 1 saturated heterocycles. The Kier molecular flexibility index (Phi) is 2.65. The summed E-state index contributed by atoms with van der Waals surface area (Å²) in [5.41, 5.74) is -1.05. The fourth-order valence-corrected chi connectivity index (χ4v) is 2.73. The maximum Gasteiger partial charge on any atom is 0.418 e. The van der Waals surface area contributed by atoms with Crippen LogP contribution in [-0.4, -0.2) is 31.9 Å². The maximum absolute atomic E-state index is 12.0. The van der Waals surface area contributed by atoms with E-state index < -0.39 is 17.6 Å². The van der Waals surface area contributed by atoms with E-state index in [0.717, 1.165) is 4.90 Å². The number of imide groups is 1. The van der Waals surface area contributed by atoms with Crippen LogP contribution in [0.3, 0.4) is 0 Å². The predicted molar refractivity (Wildman–Crippen MR) is 70.4 cm³/mol. The van der Waals surface area contributed by atoms with Crippen molar-refractivity contribution in [3.8, 4) is 0 Å². The molecule has 8 heteroatoms. The Morgan fingerprint density at radius 2 is 2.10 bits per heavy atom. The van der Waals surface area contributed by atoms with Crippen LogP contribution in [0.25, 0.3) is 4.96 Å². The molecule has 20 heavy (non-hydrogen) atoms. The topological polar surface area (TPSA) is 81.0 Å². The van der Waals surface area contributed by atoms with E-state index in [0.29, 0.717) is 10.7 Å². The number of nitrogens with zero attached hydrogens (tertiary/aromatic N) is 3. The largest absolute Gasteiger partial charge is 0.433 e. The number of aromatic nitrogens is 2. The lowest BCUT2D eigenvalue weighted by molar-refractivity contribution is -0.134. The Labute approximate surface area is 117 Å². The monoisotopic (exact) mass is 293 g/mol. The first-order valence-corrected chi connectivity index (χ1v) is 6.77. The second-order valence-corrected chi connectivity index (χ2v) is 5.78. The maximum atomic E-state index is 12.0. The first-order chi connectivity index (χ1) is 9.38. The van der Waals surface area contributed by atoms with Crippen LogP contribution >= 0.6 is 11.3 Å². The molecule has 0 bridgehead atoms. The molecule has 2 aromatic heterocycles. The zero-order chi connectivity index (χ0) is 14.5. The average Bonchev–Trinajstić information content (AvgIpc) is 2.89. The highest BCUT2D eigenvalue weighted by molar-refractivity contribution is 7.15. The number of carbonyl (C=O) groups is 2. The molecule has 0 aromatic carbocycles. The highest BCUT2D eigenvalue weighted by atomic mass is 32.1. The Balaban J connectivity index is 1.96. The number of rotatable bonds is 2. The van der Waals surface area contributed by atoms with Gasteiger partial charge >= 0.3 is 6.09 Å². The number of ether oxygens (including phenoxy) is 1. The fourth-order valence-electron chi connectivity index (χ4n) is 1.99. The van der Waals surface area contributed by atoms with Crippen molar-refractivity contribution in [2.45, 2.75) is 26.0 Å². The SMILES string of the molecule is CC1(C)OC(=O)N(Cc2cc(=O)n3ccsc3n2)C1=O. The molecule has 0 atom stereocenters. The zero-order valence-electron chi connectivity index (χ0n) is 10.8. The van der Waals surface area contributed by atoms with E-state index >= 15 is 0 Å². The van der Waals surface area contributed by atoms with Gasteiger partial charge in [-0.25, -0.2) is 14.7 Å². The minimum absolute atomic E-state index is 0.0647. The van der Waals surface area contributed by atoms with Crippen LogP contribution in [-0.2, 0) is 16.1 Å². The molecule has 0 N–H and O–H groups in total. The molecule has 1 aliphatic rings. The zero-order valence-corrected chi connectivity index (χ0v) is 11.6. The van der Waals surface area contributed by atoms with E-state index in [1.807, 2.05) is 0 Å². The van der Waals surface area contributed by atoms with E-state index in [9.17, 15) is 14.4 Å². The van der Waals surface area contributed by atoms with Crippen molar-refractivity contribution >= 4 is 28.3 Å². The number of carbonyl (C=O) groups excluding carboxylic acids is 2. The number of cyclic esters (lactones) is 1. The summed E-state index contributed by atoms with van der Waals surface area (Å²) in [6.07, 6.45) is 0.908. The minimum Gasteiger partial charge on any atom is -0.433 e. The van der Waals surface area contributed by atoms with Gasteiger partial charge in [0.2, 0.25) is 0 Å². The second-order valence-electron chi connectivity index (χ2n) is 4.91. The van der Waals surface area contributed by atoms with Gasteiger partial charge in [-0.1, -0.05) is 0 Å². The van der Waals surface area contributed by atoms with Crippen LogP contribution < -0.4 is 5.56 Å². The van der Waals surface area contributed by atoms with Crippen molar-refractivity contribution in [2.75, 3.05) is 0 Å². The normalized spacial score (nSPS) is 17.8. The van der Waals surface area contributed by atoms with Crippen LogP contribution in [0, 0.1) is 0 Å². The smallest absolute Gasteiger partial charge is 0.418 e. The van der Waals surface area contributed by atoms with Crippen molar-refractivity contribution < 1.29 is 14.3 Å². The molecule has 104 valence electrons. The summed E-state index contributed by atoms with van der Waals surface area (Å²) in [4.78, 5) is 41.3.